The highest BCUT2D eigenvalue weighted by Crippen LogP contribution is 2.21. The van der Waals surface area contributed by atoms with E-state index in [0.29, 0.717) is 0 Å². The van der Waals surface area contributed by atoms with Gasteiger partial charge in [0, 0.05) is 29.3 Å². The fraction of sp³-hybridized carbons (Fsp3) is 0.267. The van der Waals surface area contributed by atoms with Crippen LogP contribution in [0.4, 0.5) is 0 Å². The third-order valence-corrected chi connectivity index (χ3v) is 2.96. The molecule has 0 aliphatic rings. The highest BCUT2D eigenvalue weighted by atomic mass is 16.5. The summed E-state index contributed by atoms with van der Waals surface area (Å²) in [5.41, 5.74) is 2.49. The monoisotopic (exact) mass is 260 g/mol. The van der Waals surface area contributed by atoms with E-state index in [2.05, 4.69) is 22.4 Å². The Morgan fingerprint density at radius 3 is 2.05 bits per heavy atom. The Labute approximate surface area is 113 Å². The van der Waals surface area contributed by atoms with Crippen molar-refractivity contribution in [1.82, 2.24) is 0 Å². The Kier molecular flexibility index (Phi) is 4.75. The van der Waals surface area contributed by atoms with Crippen LogP contribution in [0, 0.1) is 0 Å². The van der Waals surface area contributed by atoms with Gasteiger partial charge in [0.15, 0.2) is 12.4 Å². The number of aromatic nitrogens is 1. The van der Waals surface area contributed by atoms with Crippen LogP contribution in [0.5, 0.6) is 11.5 Å². The maximum Gasteiger partial charge on any atom is 0.167 e. The van der Waals surface area contributed by atoms with Crippen molar-refractivity contribution >= 4 is 0 Å². The van der Waals surface area contributed by atoms with E-state index in [1.54, 1.807) is 14.2 Å². The van der Waals surface area contributed by atoms with Gasteiger partial charge < -0.3 is 14.8 Å². The van der Waals surface area contributed by atoms with Crippen molar-refractivity contribution in [1.29, 1.82) is 0 Å². The Bertz CT molecular complexity index is 493. The molecule has 100 valence electrons. The number of quaternary nitrogens is 1. The summed E-state index contributed by atoms with van der Waals surface area (Å²) in [6.45, 7) is 1.85. The number of aromatic amines is 1. The number of hydrogen-bond acceptors (Lipinski definition) is 2. The first-order valence-electron chi connectivity index (χ1n) is 6.30. The molecule has 3 N–H and O–H groups in total. The smallest absolute Gasteiger partial charge is 0.167 e. The molecular weight excluding hydrogens is 240 g/mol. The van der Waals surface area contributed by atoms with Crippen LogP contribution < -0.4 is 19.8 Å². The number of rotatable bonds is 6. The summed E-state index contributed by atoms with van der Waals surface area (Å²) in [5.74, 6) is 1.66. The summed E-state index contributed by atoms with van der Waals surface area (Å²) in [5, 5.41) is 2.25. The molecular formula is C15H20N2O2+2. The van der Waals surface area contributed by atoms with E-state index < -0.39 is 0 Å². The Morgan fingerprint density at radius 1 is 0.895 bits per heavy atom. The molecule has 1 aromatic heterocycles. The van der Waals surface area contributed by atoms with Crippen molar-refractivity contribution < 1.29 is 19.8 Å². The topological polar surface area (TPSA) is 49.2 Å². The van der Waals surface area contributed by atoms with E-state index in [1.165, 1.54) is 11.1 Å². The lowest BCUT2D eigenvalue weighted by molar-refractivity contribution is -0.686. The zero-order chi connectivity index (χ0) is 13.5. The summed E-state index contributed by atoms with van der Waals surface area (Å²) in [7, 11) is 3.34. The zero-order valence-corrected chi connectivity index (χ0v) is 11.3. The minimum absolute atomic E-state index is 0.831. The van der Waals surface area contributed by atoms with Gasteiger partial charge in [-0.3, -0.25) is 0 Å². The number of ether oxygens (including phenoxy) is 2. The van der Waals surface area contributed by atoms with E-state index in [9.17, 15) is 0 Å². The molecule has 0 atom stereocenters. The van der Waals surface area contributed by atoms with Crippen molar-refractivity contribution in [3.05, 3.63) is 53.9 Å². The molecule has 4 nitrogen and oxygen atoms in total. The molecule has 0 aliphatic heterocycles. The molecule has 0 radical (unpaired) electrons. The van der Waals surface area contributed by atoms with Crippen LogP contribution in [0.25, 0.3) is 0 Å². The summed E-state index contributed by atoms with van der Waals surface area (Å²) in [6.07, 6.45) is 3.88. The molecule has 19 heavy (non-hydrogen) atoms. The van der Waals surface area contributed by atoms with E-state index in [0.717, 1.165) is 24.6 Å². The van der Waals surface area contributed by atoms with E-state index in [-0.39, 0.29) is 0 Å². The van der Waals surface area contributed by atoms with Gasteiger partial charge in [0.25, 0.3) is 0 Å². The predicted octanol–water partition coefficient (Wildman–Crippen LogP) is 0.781. The van der Waals surface area contributed by atoms with Crippen molar-refractivity contribution in [3.63, 3.8) is 0 Å². The SMILES string of the molecule is COc1cc(C[NH2+]Cc2cc[nH+]cc2)cc(OC)c1. The first-order chi connectivity index (χ1) is 9.31. The minimum Gasteiger partial charge on any atom is -0.497 e. The fourth-order valence-electron chi connectivity index (χ4n) is 1.95. The zero-order valence-electron chi connectivity index (χ0n) is 11.3. The van der Waals surface area contributed by atoms with Gasteiger partial charge in [0.05, 0.1) is 14.2 Å². The van der Waals surface area contributed by atoms with Crippen molar-refractivity contribution in [2.75, 3.05) is 14.2 Å². The Balaban J connectivity index is 1.95. The first kappa shape index (κ1) is 13.4. The number of nitrogens with two attached hydrogens (primary N) is 1. The normalized spacial score (nSPS) is 10.2. The van der Waals surface area contributed by atoms with Crippen LogP contribution in [-0.2, 0) is 13.1 Å². The van der Waals surface area contributed by atoms with E-state index in [4.69, 9.17) is 9.47 Å². The second kappa shape index (κ2) is 6.75. The number of nitrogens with one attached hydrogen (secondary N) is 1. The number of H-pyrrole nitrogens is 1. The van der Waals surface area contributed by atoms with Gasteiger partial charge in [-0.05, 0) is 12.1 Å². The molecule has 0 bridgehead atoms. The van der Waals surface area contributed by atoms with Gasteiger partial charge in [-0.2, -0.15) is 0 Å². The number of methoxy groups -OCH3 is 2. The van der Waals surface area contributed by atoms with Crippen LogP contribution in [0.15, 0.2) is 42.7 Å². The van der Waals surface area contributed by atoms with Crippen molar-refractivity contribution in [3.8, 4) is 11.5 Å². The van der Waals surface area contributed by atoms with Gasteiger partial charge in [-0.15, -0.1) is 0 Å². The van der Waals surface area contributed by atoms with Gasteiger partial charge >= 0.3 is 0 Å². The molecule has 1 heterocycles. The van der Waals surface area contributed by atoms with Gasteiger partial charge in [-0.25, -0.2) is 4.98 Å². The van der Waals surface area contributed by atoms with Crippen LogP contribution in [0.3, 0.4) is 0 Å². The number of pyridine rings is 1. The molecule has 2 aromatic rings. The summed E-state index contributed by atoms with van der Waals surface area (Å²) >= 11 is 0. The number of benzene rings is 1. The van der Waals surface area contributed by atoms with Crippen LogP contribution in [0.2, 0.25) is 0 Å². The molecule has 0 fully saturated rings. The van der Waals surface area contributed by atoms with Crippen LogP contribution in [-0.4, -0.2) is 14.2 Å². The van der Waals surface area contributed by atoms with Gasteiger partial charge in [-0.1, -0.05) is 0 Å². The maximum absolute atomic E-state index is 5.26. The molecule has 0 unspecified atom stereocenters. The maximum atomic E-state index is 5.26. The lowest BCUT2D eigenvalue weighted by atomic mass is 10.2. The van der Waals surface area contributed by atoms with E-state index >= 15 is 0 Å². The Morgan fingerprint density at radius 2 is 1.47 bits per heavy atom. The van der Waals surface area contributed by atoms with Crippen molar-refractivity contribution in [2.24, 2.45) is 0 Å². The standard InChI is InChI=1S/C15H18N2O2/c1-18-14-7-13(8-15(9-14)19-2)11-17-10-12-3-5-16-6-4-12/h3-9,17H,10-11H2,1-2H3/p+2. The second-order valence-electron chi connectivity index (χ2n) is 4.33. The quantitative estimate of drug-likeness (QED) is 0.834. The molecule has 0 saturated heterocycles. The fourth-order valence-corrected chi connectivity index (χ4v) is 1.95. The lowest BCUT2D eigenvalue weighted by Gasteiger charge is -2.07. The van der Waals surface area contributed by atoms with Crippen LogP contribution in [0.1, 0.15) is 11.1 Å². The summed E-state index contributed by atoms with van der Waals surface area (Å²) < 4.78 is 10.5. The summed E-state index contributed by atoms with van der Waals surface area (Å²) in [4.78, 5) is 3.02. The molecule has 0 aliphatic carbocycles. The van der Waals surface area contributed by atoms with Crippen molar-refractivity contribution in [2.45, 2.75) is 13.1 Å². The molecule has 1 aromatic carbocycles. The lowest BCUT2D eigenvalue weighted by Crippen LogP contribution is -2.80. The van der Waals surface area contributed by atoms with Gasteiger partial charge in [0.2, 0.25) is 0 Å². The third kappa shape index (κ3) is 3.96. The van der Waals surface area contributed by atoms with Gasteiger partial charge in [0.1, 0.15) is 24.6 Å². The minimum atomic E-state index is 0.831. The largest absolute Gasteiger partial charge is 0.497 e. The van der Waals surface area contributed by atoms with E-state index in [1.807, 2.05) is 30.6 Å². The Hall–Kier alpha value is -2.07. The average molecular weight is 260 g/mol. The highest BCUT2D eigenvalue weighted by Gasteiger charge is 2.04. The molecule has 0 spiro atoms. The molecule has 2 rings (SSSR count). The molecule has 0 saturated carbocycles. The third-order valence-electron chi connectivity index (χ3n) is 2.96. The number of hydrogen-bond donors (Lipinski definition) is 1. The highest BCUT2D eigenvalue weighted by molar-refractivity contribution is 5.38. The molecule has 4 heteroatoms. The second-order valence-corrected chi connectivity index (χ2v) is 4.33. The molecule has 0 amide bonds. The average Bonchev–Trinajstić information content (AvgIpc) is 2.48. The summed E-state index contributed by atoms with van der Waals surface area (Å²) in [6, 6.07) is 10.1. The predicted molar refractivity (Wildman–Crippen MR) is 71.9 cm³/mol. The van der Waals surface area contributed by atoms with Crippen LogP contribution >= 0.6 is 0 Å². The first-order valence-corrected chi connectivity index (χ1v) is 6.30.